The van der Waals surface area contributed by atoms with Crippen LogP contribution in [-0.4, -0.2) is 17.0 Å². The Balaban J connectivity index is 1.65. The van der Waals surface area contributed by atoms with Crippen LogP contribution in [0.1, 0.15) is 53.6 Å². The van der Waals surface area contributed by atoms with Crippen LogP contribution in [0.15, 0.2) is 22.8 Å². The molecular formula is C19H21N3OS. The molecule has 4 nitrogen and oxygen atoms in total. The van der Waals surface area contributed by atoms with Crippen LogP contribution in [0.3, 0.4) is 0 Å². The highest BCUT2D eigenvalue weighted by Gasteiger charge is 2.30. The predicted octanol–water partition coefficient (Wildman–Crippen LogP) is 4.68. The van der Waals surface area contributed by atoms with E-state index >= 15 is 0 Å². The van der Waals surface area contributed by atoms with E-state index in [1.807, 2.05) is 23.5 Å². The van der Waals surface area contributed by atoms with Gasteiger partial charge in [-0.25, -0.2) is 9.97 Å². The number of hydrogen-bond acceptors (Lipinski definition) is 5. The van der Waals surface area contributed by atoms with Gasteiger partial charge in [-0.2, -0.15) is 0 Å². The summed E-state index contributed by atoms with van der Waals surface area (Å²) in [6.07, 6.45) is 9.17. The highest BCUT2D eigenvalue weighted by molar-refractivity contribution is 7.19. The summed E-state index contributed by atoms with van der Waals surface area (Å²) in [6.45, 7) is 0.744. The van der Waals surface area contributed by atoms with Crippen molar-refractivity contribution in [2.75, 3.05) is 11.9 Å². The Morgan fingerprint density at radius 2 is 2.12 bits per heavy atom. The van der Waals surface area contributed by atoms with Gasteiger partial charge in [0.2, 0.25) is 0 Å². The van der Waals surface area contributed by atoms with Crippen molar-refractivity contribution < 1.29 is 4.42 Å². The maximum Gasteiger partial charge on any atom is 0.141 e. The Bertz CT molecular complexity index is 880. The predicted molar refractivity (Wildman–Crippen MR) is 96.8 cm³/mol. The lowest BCUT2D eigenvalue weighted by molar-refractivity contribution is 0.507. The number of rotatable bonds is 4. The van der Waals surface area contributed by atoms with E-state index in [4.69, 9.17) is 14.4 Å². The Hall–Kier alpha value is -1.88. The summed E-state index contributed by atoms with van der Waals surface area (Å²) < 4.78 is 5.54. The second kappa shape index (κ2) is 5.59. The summed E-state index contributed by atoms with van der Waals surface area (Å²) in [6, 6.07) is 3.97. The minimum atomic E-state index is 0.573. The molecule has 3 heterocycles. The van der Waals surface area contributed by atoms with Crippen LogP contribution in [0.2, 0.25) is 0 Å². The minimum Gasteiger partial charge on any atom is -0.467 e. The monoisotopic (exact) mass is 339 g/mol. The van der Waals surface area contributed by atoms with Crippen molar-refractivity contribution in [3.8, 4) is 0 Å². The van der Waals surface area contributed by atoms with Crippen LogP contribution in [0, 0.1) is 0 Å². The van der Waals surface area contributed by atoms with Crippen molar-refractivity contribution in [1.82, 2.24) is 9.97 Å². The van der Waals surface area contributed by atoms with E-state index in [0.717, 1.165) is 23.9 Å². The second-order valence-corrected chi connectivity index (χ2v) is 8.09. The molecule has 0 unspecified atom stereocenters. The highest BCUT2D eigenvalue weighted by atomic mass is 32.1. The lowest BCUT2D eigenvalue weighted by Gasteiger charge is -2.20. The topological polar surface area (TPSA) is 42.2 Å². The molecule has 3 aromatic rings. The van der Waals surface area contributed by atoms with E-state index in [0.29, 0.717) is 5.92 Å². The molecule has 0 amide bonds. The van der Waals surface area contributed by atoms with Gasteiger partial charge in [-0.05, 0) is 56.2 Å². The Kier molecular flexibility index (Phi) is 3.37. The summed E-state index contributed by atoms with van der Waals surface area (Å²) in [4.78, 5) is 14.9. The zero-order valence-corrected chi connectivity index (χ0v) is 14.7. The van der Waals surface area contributed by atoms with Crippen molar-refractivity contribution in [1.29, 1.82) is 0 Å². The molecule has 1 fully saturated rings. The molecule has 5 heteroatoms. The number of anilines is 1. The summed E-state index contributed by atoms with van der Waals surface area (Å²) in [7, 11) is 2.12. The molecule has 0 saturated heterocycles. The summed E-state index contributed by atoms with van der Waals surface area (Å²) >= 11 is 1.90. The van der Waals surface area contributed by atoms with Gasteiger partial charge in [0, 0.05) is 17.8 Å². The lowest BCUT2D eigenvalue weighted by Crippen LogP contribution is -2.19. The third-order valence-electron chi connectivity index (χ3n) is 5.09. The van der Waals surface area contributed by atoms with E-state index in [1.54, 1.807) is 6.26 Å². The van der Waals surface area contributed by atoms with E-state index in [2.05, 4.69) is 11.9 Å². The van der Waals surface area contributed by atoms with Gasteiger partial charge in [-0.1, -0.05) is 0 Å². The molecule has 5 rings (SSSR count). The fourth-order valence-electron chi connectivity index (χ4n) is 3.67. The smallest absolute Gasteiger partial charge is 0.141 e. The quantitative estimate of drug-likeness (QED) is 0.692. The van der Waals surface area contributed by atoms with E-state index in [9.17, 15) is 0 Å². The Morgan fingerprint density at radius 1 is 1.25 bits per heavy atom. The molecule has 3 aromatic heterocycles. The maximum absolute atomic E-state index is 5.54. The molecule has 0 aromatic carbocycles. The molecule has 2 aliphatic carbocycles. The largest absolute Gasteiger partial charge is 0.467 e. The first-order chi connectivity index (χ1) is 11.8. The Morgan fingerprint density at radius 3 is 2.92 bits per heavy atom. The van der Waals surface area contributed by atoms with E-state index in [1.165, 1.54) is 59.2 Å². The molecule has 2 aliphatic rings. The second-order valence-electron chi connectivity index (χ2n) is 7.01. The minimum absolute atomic E-state index is 0.573. The van der Waals surface area contributed by atoms with Crippen molar-refractivity contribution in [2.24, 2.45) is 0 Å². The lowest BCUT2D eigenvalue weighted by atomic mass is 9.97. The van der Waals surface area contributed by atoms with Gasteiger partial charge in [-0.3, -0.25) is 0 Å². The highest BCUT2D eigenvalue weighted by Crippen LogP contribution is 2.44. The maximum atomic E-state index is 5.54. The third kappa shape index (κ3) is 2.42. The van der Waals surface area contributed by atoms with E-state index < -0.39 is 0 Å². The number of aryl methyl sites for hydroxylation is 2. The average Bonchev–Trinajstić information content (AvgIpc) is 3.20. The summed E-state index contributed by atoms with van der Waals surface area (Å²) in [5.41, 5.74) is 1.50. The van der Waals surface area contributed by atoms with Crippen LogP contribution in [0.5, 0.6) is 0 Å². The van der Waals surface area contributed by atoms with Crippen LogP contribution in [-0.2, 0) is 19.4 Å². The van der Waals surface area contributed by atoms with Gasteiger partial charge in [0.15, 0.2) is 0 Å². The van der Waals surface area contributed by atoms with Gasteiger partial charge < -0.3 is 9.32 Å². The van der Waals surface area contributed by atoms with Crippen LogP contribution < -0.4 is 4.90 Å². The SMILES string of the molecule is CN(Cc1ccco1)c1nc(C2CC2)nc2sc3c(c12)CCCC3. The number of thiophene rings is 1. The van der Waals surface area contributed by atoms with Crippen LogP contribution >= 0.6 is 11.3 Å². The first kappa shape index (κ1) is 14.5. The number of nitrogens with zero attached hydrogens (tertiary/aromatic N) is 3. The zero-order valence-electron chi connectivity index (χ0n) is 13.9. The molecule has 0 aliphatic heterocycles. The zero-order chi connectivity index (χ0) is 16.1. The van der Waals surface area contributed by atoms with E-state index in [-0.39, 0.29) is 0 Å². The van der Waals surface area contributed by atoms with Crippen molar-refractivity contribution in [2.45, 2.75) is 51.0 Å². The molecule has 1 saturated carbocycles. The standard InChI is InChI=1S/C19H21N3OS/c1-22(11-13-5-4-10-23-13)18-16-14-6-2-3-7-15(14)24-19(16)21-17(20-18)12-8-9-12/h4-5,10,12H,2-3,6-9,11H2,1H3. The van der Waals surface area contributed by atoms with Gasteiger partial charge in [0.05, 0.1) is 18.2 Å². The molecule has 124 valence electrons. The first-order valence-electron chi connectivity index (χ1n) is 8.85. The normalized spacial score (nSPS) is 17.2. The summed E-state index contributed by atoms with van der Waals surface area (Å²) in [5.74, 6) is 3.69. The van der Waals surface area contributed by atoms with Crippen molar-refractivity contribution in [3.05, 3.63) is 40.4 Å². The van der Waals surface area contributed by atoms with Gasteiger partial charge in [0.1, 0.15) is 22.2 Å². The molecule has 0 atom stereocenters. The first-order valence-corrected chi connectivity index (χ1v) is 9.67. The fourth-order valence-corrected chi connectivity index (χ4v) is 4.93. The van der Waals surface area contributed by atoms with Gasteiger partial charge in [0.25, 0.3) is 0 Å². The fraction of sp³-hybridized carbons (Fsp3) is 0.474. The average molecular weight is 339 g/mol. The number of aromatic nitrogens is 2. The molecule has 0 bridgehead atoms. The van der Waals surface area contributed by atoms with Crippen LogP contribution in [0.25, 0.3) is 10.2 Å². The molecule has 0 N–H and O–H groups in total. The summed E-state index contributed by atoms with van der Waals surface area (Å²) in [5, 5.41) is 1.30. The van der Waals surface area contributed by atoms with Gasteiger partial charge in [-0.15, -0.1) is 11.3 Å². The van der Waals surface area contributed by atoms with Gasteiger partial charge >= 0.3 is 0 Å². The molecule has 0 radical (unpaired) electrons. The van der Waals surface area contributed by atoms with Crippen molar-refractivity contribution in [3.63, 3.8) is 0 Å². The molecule has 0 spiro atoms. The van der Waals surface area contributed by atoms with Crippen molar-refractivity contribution >= 4 is 27.4 Å². The molecule has 24 heavy (non-hydrogen) atoms. The molecular weight excluding hydrogens is 318 g/mol. The third-order valence-corrected chi connectivity index (χ3v) is 6.28. The number of hydrogen-bond donors (Lipinski definition) is 0. The number of fused-ring (bicyclic) bond motifs is 3. The number of furan rings is 1. The Labute approximate surface area is 145 Å². The van der Waals surface area contributed by atoms with Crippen LogP contribution in [0.4, 0.5) is 5.82 Å².